The van der Waals surface area contributed by atoms with Crippen LogP contribution in [0, 0.1) is 0 Å². The van der Waals surface area contributed by atoms with Crippen LogP contribution in [0.4, 0.5) is 21.6 Å². The summed E-state index contributed by atoms with van der Waals surface area (Å²) in [7, 11) is 1.81. The fraction of sp³-hybridized carbons (Fsp3) is 0.429. The lowest BCUT2D eigenvalue weighted by molar-refractivity contribution is 0.0940. The third-order valence-electron chi connectivity index (χ3n) is 6.11. The van der Waals surface area contributed by atoms with E-state index >= 15 is 0 Å². The molecule has 2 N–H and O–H groups in total. The van der Waals surface area contributed by atoms with Gasteiger partial charge in [0.2, 0.25) is 0 Å². The number of amides is 1. The zero-order valence-corrected chi connectivity index (χ0v) is 22.8. The van der Waals surface area contributed by atoms with E-state index in [0.717, 1.165) is 35.6 Å². The number of halogens is 1. The quantitative estimate of drug-likeness (QED) is 0.411. The van der Waals surface area contributed by atoms with Crippen molar-refractivity contribution < 1.29 is 9.18 Å². The van der Waals surface area contributed by atoms with Crippen molar-refractivity contribution >= 4 is 40.7 Å². The number of hydrogen-bond donors (Lipinski definition) is 2. The number of benzene rings is 1. The van der Waals surface area contributed by atoms with Crippen molar-refractivity contribution in [2.75, 3.05) is 23.8 Å². The van der Waals surface area contributed by atoms with Gasteiger partial charge in [-0.3, -0.25) is 9.79 Å². The molecule has 1 aromatic carbocycles. The molecule has 3 heterocycles. The third kappa shape index (κ3) is 5.50. The van der Waals surface area contributed by atoms with Crippen LogP contribution >= 0.6 is 0 Å². The summed E-state index contributed by atoms with van der Waals surface area (Å²) in [6.45, 7) is 12.7. The highest BCUT2D eigenvalue weighted by molar-refractivity contribution is 5.94. The van der Waals surface area contributed by atoms with E-state index in [-0.39, 0.29) is 11.6 Å². The second kappa shape index (κ2) is 12.5. The second-order valence-electron chi connectivity index (χ2n) is 8.14. The number of anilines is 3. The largest absolute Gasteiger partial charge is 0.385 e. The molecule has 0 bridgehead atoms. The molecule has 2 unspecified atom stereocenters. The highest BCUT2D eigenvalue weighted by Gasteiger charge is 2.39. The van der Waals surface area contributed by atoms with E-state index in [1.165, 1.54) is 16.3 Å². The Balaban J connectivity index is 0.000000907. The van der Waals surface area contributed by atoms with Crippen LogP contribution in [0.1, 0.15) is 69.6 Å². The maximum absolute atomic E-state index is 13.3. The van der Waals surface area contributed by atoms with Gasteiger partial charge in [0.05, 0.1) is 23.6 Å². The summed E-state index contributed by atoms with van der Waals surface area (Å²) in [5, 5.41) is 10.6. The number of alkyl halides is 1. The van der Waals surface area contributed by atoms with E-state index in [4.69, 9.17) is 5.10 Å². The predicted molar refractivity (Wildman–Crippen MR) is 151 cm³/mol. The first kappa shape index (κ1) is 27.8. The van der Waals surface area contributed by atoms with Crippen LogP contribution < -0.4 is 15.5 Å². The number of carbonyl (C=O) groups excluding carboxylic acids is 1. The van der Waals surface area contributed by atoms with Crippen molar-refractivity contribution in [1.29, 1.82) is 0 Å². The molecule has 0 spiro atoms. The molecule has 37 heavy (non-hydrogen) atoms. The zero-order chi connectivity index (χ0) is 27.1. The Morgan fingerprint density at radius 3 is 2.57 bits per heavy atom. The van der Waals surface area contributed by atoms with Crippen LogP contribution in [0.2, 0.25) is 0 Å². The predicted octanol–water partition coefficient (Wildman–Crippen LogP) is 5.81. The average Bonchev–Trinajstić information content (AvgIpc) is 3.29. The molecule has 0 saturated heterocycles. The molecule has 1 aliphatic heterocycles. The van der Waals surface area contributed by atoms with Gasteiger partial charge in [-0.2, -0.15) is 0 Å². The Kier molecular flexibility index (Phi) is 9.38. The third-order valence-corrected chi connectivity index (χ3v) is 6.11. The van der Waals surface area contributed by atoms with Gasteiger partial charge in [0.15, 0.2) is 17.2 Å². The van der Waals surface area contributed by atoms with Gasteiger partial charge < -0.3 is 15.5 Å². The molecule has 8 nitrogen and oxygen atoms in total. The highest BCUT2D eigenvalue weighted by atomic mass is 19.1. The molecule has 2 atom stereocenters. The number of hydrogen-bond acceptors (Lipinski definition) is 6. The number of aromatic nitrogens is 3. The van der Waals surface area contributed by atoms with Gasteiger partial charge in [0, 0.05) is 43.5 Å². The van der Waals surface area contributed by atoms with Gasteiger partial charge in [0.1, 0.15) is 6.17 Å². The van der Waals surface area contributed by atoms with Crippen LogP contribution in [-0.2, 0) is 6.42 Å². The molecule has 5 rings (SSSR count). The van der Waals surface area contributed by atoms with Crippen LogP contribution in [0.25, 0.3) is 11.3 Å². The van der Waals surface area contributed by atoms with Crippen molar-refractivity contribution in [2.45, 2.75) is 66.6 Å². The minimum Gasteiger partial charge on any atom is -0.385 e. The summed E-state index contributed by atoms with van der Waals surface area (Å²) >= 11 is 0. The molecule has 0 radical (unpaired) electrons. The number of nitrogens with one attached hydrogen (secondary N) is 2. The lowest BCUT2D eigenvalue weighted by Crippen LogP contribution is -2.28. The Hall–Kier alpha value is -3.75. The normalized spacial score (nSPS) is 18.1. The first-order chi connectivity index (χ1) is 18.0. The van der Waals surface area contributed by atoms with Crippen molar-refractivity contribution in [1.82, 2.24) is 19.9 Å². The number of carbonyl (C=O) groups is 1. The van der Waals surface area contributed by atoms with Crippen molar-refractivity contribution in [3.05, 3.63) is 53.4 Å². The number of nitrogens with zero attached hydrogens (tertiary/aromatic N) is 5. The van der Waals surface area contributed by atoms with Gasteiger partial charge >= 0.3 is 0 Å². The number of fused-ring (bicyclic) bond motifs is 2. The Morgan fingerprint density at radius 2 is 1.95 bits per heavy atom. The summed E-state index contributed by atoms with van der Waals surface area (Å²) in [5.41, 5.74) is 5.91. The van der Waals surface area contributed by atoms with E-state index < -0.39 is 12.2 Å². The molecule has 1 fully saturated rings. The number of aliphatic imine (C=N–C) groups is 1. The van der Waals surface area contributed by atoms with E-state index in [9.17, 15) is 9.18 Å². The maximum atomic E-state index is 13.3. The molecule has 2 aromatic heterocycles. The van der Waals surface area contributed by atoms with E-state index in [1.54, 1.807) is 6.21 Å². The lowest BCUT2D eigenvalue weighted by atomic mass is 10.0. The number of allylic oxidation sites excluding steroid dienone is 1. The second-order valence-corrected chi connectivity index (χ2v) is 8.14. The number of rotatable bonds is 6. The molecule has 1 saturated carbocycles. The summed E-state index contributed by atoms with van der Waals surface area (Å²) in [5.74, 6) is 0.323. The molecule has 1 aliphatic carbocycles. The molecule has 198 valence electrons. The van der Waals surface area contributed by atoms with E-state index in [1.807, 2.05) is 66.8 Å². The van der Waals surface area contributed by atoms with Crippen LogP contribution in [0.15, 0.2) is 41.5 Å². The first-order valence-corrected chi connectivity index (χ1v) is 13.1. The fourth-order valence-electron chi connectivity index (χ4n) is 4.33. The highest BCUT2D eigenvalue weighted by Crippen LogP contribution is 2.39. The molecule has 1 amide bonds. The monoisotopic (exact) mass is 507 g/mol. The van der Waals surface area contributed by atoms with Gasteiger partial charge in [-0.25, -0.2) is 13.9 Å². The molecular formula is C28H38FN7O. The summed E-state index contributed by atoms with van der Waals surface area (Å²) < 4.78 is 14.8. The van der Waals surface area contributed by atoms with Crippen molar-refractivity contribution in [3.8, 4) is 0 Å². The van der Waals surface area contributed by atoms with Crippen LogP contribution in [0.5, 0.6) is 0 Å². The fourth-order valence-corrected chi connectivity index (χ4v) is 4.33. The first-order valence-electron chi connectivity index (χ1n) is 13.1. The smallest absolute Gasteiger partial charge is 0.271 e. The molecule has 3 aromatic rings. The van der Waals surface area contributed by atoms with E-state index in [0.29, 0.717) is 17.9 Å². The van der Waals surface area contributed by atoms with Gasteiger partial charge in [-0.1, -0.05) is 45.9 Å². The Bertz CT molecular complexity index is 1300. The molecular weight excluding hydrogens is 469 g/mol. The Morgan fingerprint density at radius 1 is 1.22 bits per heavy atom. The van der Waals surface area contributed by atoms with E-state index in [2.05, 4.69) is 37.6 Å². The number of imidazole rings is 1. The zero-order valence-electron chi connectivity index (χ0n) is 22.8. The van der Waals surface area contributed by atoms with Gasteiger partial charge in [-0.15, -0.1) is 5.10 Å². The minimum atomic E-state index is -0.973. The lowest BCUT2D eigenvalue weighted by Gasteiger charge is -2.20. The summed E-state index contributed by atoms with van der Waals surface area (Å²) in [6, 6.07) is 7.71. The van der Waals surface area contributed by atoms with Crippen LogP contribution in [-0.4, -0.2) is 52.5 Å². The SMILES string of the molecule is CC.CC.CC=N/C(=C\C)c1cccc2c1CCN2c1cc(NC)c2ncc(C(=O)NC3CC3F)n2n1. The standard InChI is InChI=1S/C24H26FN7O.2C2H6/c1-4-17(27-5-2)14-7-6-8-20-15(14)9-10-31(20)22-12-19(26-3)23-28-13-21(32(23)30-22)24(33)29-18-11-16(18)25;2*1-2/h4-8,12-13,16,18,26H,9-11H2,1-3H3,(H,29,33);2*1-2H3/b17-4-,27-5?;;. The average molecular weight is 508 g/mol. The summed E-state index contributed by atoms with van der Waals surface area (Å²) in [6.07, 6.45) is 5.53. The topological polar surface area (TPSA) is 86.9 Å². The Labute approximate surface area is 218 Å². The van der Waals surface area contributed by atoms with Gasteiger partial charge in [-0.05, 0) is 31.9 Å². The van der Waals surface area contributed by atoms with Crippen molar-refractivity contribution in [2.24, 2.45) is 4.99 Å². The van der Waals surface area contributed by atoms with Gasteiger partial charge in [0.25, 0.3) is 5.91 Å². The molecule has 2 aliphatic rings. The minimum absolute atomic E-state index is 0.282. The van der Waals surface area contributed by atoms with Crippen molar-refractivity contribution in [3.63, 3.8) is 0 Å². The summed E-state index contributed by atoms with van der Waals surface area (Å²) in [4.78, 5) is 23.8. The van der Waals surface area contributed by atoms with Crippen LogP contribution in [0.3, 0.4) is 0 Å². The maximum Gasteiger partial charge on any atom is 0.271 e. The molecule has 9 heteroatoms.